The summed E-state index contributed by atoms with van der Waals surface area (Å²) in [6.07, 6.45) is 1.70. The van der Waals surface area contributed by atoms with Gasteiger partial charge in [-0.1, -0.05) is 6.92 Å². The molecule has 1 N–H and O–H groups in total. The van der Waals surface area contributed by atoms with Crippen LogP contribution in [0.25, 0.3) is 0 Å². The van der Waals surface area contributed by atoms with E-state index in [0.29, 0.717) is 5.62 Å². The van der Waals surface area contributed by atoms with Gasteiger partial charge in [0.2, 0.25) is 5.62 Å². The summed E-state index contributed by atoms with van der Waals surface area (Å²) >= 11 is 0. The molecule has 0 aliphatic heterocycles. The molecule has 0 unspecified atom stereocenters. The summed E-state index contributed by atoms with van der Waals surface area (Å²) in [5, 5.41) is 0. The zero-order valence-corrected chi connectivity index (χ0v) is 8.89. The van der Waals surface area contributed by atoms with Crippen molar-refractivity contribution in [3.05, 3.63) is 23.6 Å². The predicted molar refractivity (Wildman–Crippen MR) is 33.6 cm³/mol. The molecule has 1 aromatic heterocycles. The zero-order valence-electron chi connectivity index (χ0n) is 6.05. The van der Waals surface area contributed by atoms with Gasteiger partial charge in [0.15, 0.2) is 0 Å². The third kappa shape index (κ3) is 2.71. The summed E-state index contributed by atoms with van der Waals surface area (Å²) in [4.78, 5) is 10.7. The SMILES string of the molecule is CN=c1nc(C)[c-]c[nH]1.[Y]. The topological polar surface area (TPSA) is 41.0 Å². The van der Waals surface area contributed by atoms with Crippen molar-refractivity contribution >= 4 is 0 Å². The molecule has 51 valence electrons. The molecule has 0 aromatic carbocycles. The maximum atomic E-state index is 4.01. The second kappa shape index (κ2) is 4.75. The van der Waals surface area contributed by atoms with Gasteiger partial charge in [0, 0.05) is 39.8 Å². The molecule has 4 heteroatoms. The molecule has 0 spiro atoms. The first-order valence-electron chi connectivity index (χ1n) is 2.70. The summed E-state index contributed by atoms with van der Waals surface area (Å²) < 4.78 is 0. The maximum absolute atomic E-state index is 4.01. The maximum Gasteiger partial charge on any atom is 0.216 e. The van der Waals surface area contributed by atoms with E-state index in [-0.39, 0.29) is 32.7 Å². The van der Waals surface area contributed by atoms with Crippen LogP contribution in [0.5, 0.6) is 0 Å². The van der Waals surface area contributed by atoms with Gasteiger partial charge in [0.25, 0.3) is 0 Å². The number of nitrogens with zero attached hydrogens (tertiary/aromatic N) is 2. The Kier molecular flexibility index (Phi) is 4.74. The number of rotatable bonds is 0. The molecule has 1 aromatic rings. The van der Waals surface area contributed by atoms with Crippen molar-refractivity contribution in [2.45, 2.75) is 6.92 Å². The van der Waals surface area contributed by atoms with Crippen LogP contribution in [0.1, 0.15) is 5.69 Å². The van der Waals surface area contributed by atoms with Crippen LogP contribution in [0.2, 0.25) is 0 Å². The normalized spacial score (nSPS) is 10.8. The van der Waals surface area contributed by atoms with Crippen molar-refractivity contribution in [2.24, 2.45) is 4.99 Å². The molecule has 0 saturated heterocycles. The number of nitrogens with one attached hydrogen (secondary N) is 1. The Bertz CT molecular complexity index is 253. The van der Waals surface area contributed by atoms with Gasteiger partial charge in [-0.15, -0.1) is 5.69 Å². The number of aryl methyl sites for hydroxylation is 1. The monoisotopic (exact) mass is 211 g/mol. The van der Waals surface area contributed by atoms with Crippen LogP contribution >= 0.6 is 0 Å². The Labute approximate surface area is 84.9 Å². The van der Waals surface area contributed by atoms with Crippen LogP contribution < -0.4 is 5.62 Å². The molecular weight excluding hydrogens is 203 g/mol. The standard InChI is InChI=1S/C6H8N3.Y/c1-5-3-4-8-6(7-2)9-5;/h4H,1-2H3,(H,7,8,9);/q-1;. The van der Waals surface area contributed by atoms with Crippen molar-refractivity contribution in [1.29, 1.82) is 0 Å². The van der Waals surface area contributed by atoms with E-state index in [2.05, 4.69) is 21.0 Å². The minimum atomic E-state index is 0. The first-order valence-corrected chi connectivity index (χ1v) is 2.70. The van der Waals surface area contributed by atoms with Crippen molar-refractivity contribution < 1.29 is 32.7 Å². The number of H-pyrrole nitrogens is 1. The van der Waals surface area contributed by atoms with Crippen LogP contribution in [0, 0.1) is 13.0 Å². The van der Waals surface area contributed by atoms with Crippen LogP contribution in [0.15, 0.2) is 11.2 Å². The minimum absolute atomic E-state index is 0. The summed E-state index contributed by atoms with van der Waals surface area (Å²) in [6, 6.07) is 2.88. The predicted octanol–water partition coefficient (Wildman–Crippen LogP) is 0.0463. The van der Waals surface area contributed by atoms with Crippen LogP contribution in [-0.4, -0.2) is 17.0 Å². The van der Waals surface area contributed by atoms with Gasteiger partial charge < -0.3 is 11.1 Å². The molecule has 3 nitrogen and oxygen atoms in total. The Morgan fingerprint density at radius 3 is 2.80 bits per heavy atom. The molecular formula is C6H8N3Y-. The third-order valence-electron chi connectivity index (χ3n) is 0.968. The molecule has 0 bridgehead atoms. The van der Waals surface area contributed by atoms with E-state index in [1.54, 1.807) is 13.2 Å². The van der Waals surface area contributed by atoms with E-state index >= 15 is 0 Å². The van der Waals surface area contributed by atoms with Crippen molar-refractivity contribution in [2.75, 3.05) is 7.05 Å². The van der Waals surface area contributed by atoms with E-state index < -0.39 is 0 Å². The fraction of sp³-hybridized carbons (Fsp3) is 0.333. The van der Waals surface area contributed by atoms with Gasteiger partial charge in [-0.2, -0.15) is 6.20 Å². The molecule has 10 heavy (non-hydrogen) atoms. The van der Waals surface area contributed by atoms with Gasteiger partial charge in [-0.05, 0) is 0 Å². The van der Waals surface area contributed by atoms with Crippen LogP contribution in [0.3, 0.4) is 0 Å². The third-order valence-corrected chi connectivity index (χ3v) is 0.968. The van der Waals surface area contributed by atoms with E-state index in [0.717, 1.165) is 5.69 Å². The molecule has 0 fully saturated rings. The Hall–Kier alpha value is -0.0161. The van der Waals surface area contributed by atoms with Gasteiger partial charge in [0.1, 0.15) is 0 Å². The Balaban J connectivity index is 0.000000810. The van der Waals surface area contributed by atoms with Crippen molar-refractivity contribution in [3.63, 3.8) is 0 Å². The largest absolute Gasteiger partial charge is 0.433 e. The van der Waals surface area contributed by atoms with Gasteiger partial charge in [-0.25, -0.2) is 0 Å². The van der Waals surface area contributed by atoms with Gasteiger partial charge >= 0.3 is 0 Å². The average molecular weight is 211 g/mol. The first-order chi connectivity index (χ1) is 4.33. The first kappa shape index (κ1) is 9.98. The van der Waals surface area contributed by atoms with E-state index in [9.17, 15) is 0 Å². The number of aromatic nitrogens is 2. The molecule has 1 radical (unpaired) electrons. The minimum Gasteiger partial charge on any atom is -0.433 e. The number of hydrogen-bond donors (Lipinski definition) is 1. The van der Waals surface area contributed by atoms with Crippen LogP contribution in [-0.2, 0) is 32.7 Å². The fourth-order valence-electron chi connectivity index (χ4n) is 0.543. The fourth-order valence-corrected chi connectivity index (χ4v) is 0.543. The summed E-state index contributed by atoms with van der Waals surface area (Å²) in [5.41, 5.74) is 1.50. The molecule has 0 saturated carbocycles. The summed E-state index contributed by atoms with van der Waals surface area (Å²) in [6.45, 7) is 1.88. The van der Waals surface area contributed by atoms with Crippen molar-refractivity contribution in [1.82, 2.24) is 9.97 Å². The number of hydrogen-bond acceptors (Lipinski definition) is 2. The van der Waals surface area contributed by atoms with Crippen LogP contribution in [0.4, 0.5) is 0 Å². The quantitative estimate of drug-likeness (QED) is 0.605. The smallest absolute Gasteiger partial charge is 0.216 e. The molecule has 1 heterocycles. The molecule has 0 aliphatic carbocycles. The van der Waals surface area contributed by atoms with Gasteiger partial charge in [0.05, 0.1) is 0 Å². The molecule has 1 rings (SSSR count). The second-order valence-electron chi connectivity index (χ2n) is 1.68. The molecule has 0 amide bonds. The zero-order chi connectivity index (χ0) is 6.69. The summed E-state index contributed by atoms with van der Waals surface area (Å²) in [7, 11) is 1.69. The second-order valence-corrected chi connectivity index (χ2v) is 1.68. The van der Waals surface area contributed by atoms with Gasteiger partial charge in [-0.3, -0.25) is 9.98 Å². The van der Waals surface area contributed by atoms with E-state index in [1.165, 1.54) is 0 Å². The summed E-state index contributed by atoms with van der Waals surface area (Å²) in [5.74, 6) is 0. The molecule has 0 atom stereocenters. The average Bonchev–Trinajstić information content (AvgIpc) is 1.88. The van der Waals surface area contributed by atoms with Crippen molar-refractivity contribution in [3.8, 4) is 0 Å². The Morgan fingerprint density at radius 2 is 2.40 bits per heavy atom. The number of aromatic amines is 1. The van der Waals surface area contributed by atoms with E-state index in [1.807, 2.05) is 6.92 Å². The van der Waals surface area contributed by atoms with E-state index in [4.69, 9.17) is 0 Å². The molecule has 0 aliphatic rings. The Morgan fingerprint density at radius 1 is 1.70 bits per heavy atom.